The van der Waals surface area contributed by atoms with Gasteiger partial charge in [0, 0.05) is 17.3 Å². The number of nitrogens with one attached hydrogen (secondary N) is 1. The van der Waals surface area contributed by atoms with Crippen molar-refractivity contribution in [3.05, 3.63) is 82.2 Å². The Hall–Kier alpha value is -2.58. The fourth-order valence-electron chi connectivity index (χ4n) is 4.67. The molecule has 1 aliphatic heterocycles. The predicted octanol–water partition coefficient (Wildman–Crippen LogP) is 6.36. The van der Waals surface area contributed by atoms with Gasteiger partial charge in [0.05, 0.1) is 16.3 Å². The van der Waals surface area contributed by atoms with E-state index in [0.29, 0.717) is 24.2 Å². The van der Waals surface area contributed by atoms with Crippen molar-refractivity contribution in [1.82, 2.24) is 4.98 Å². The molecule has 1 fully saturated rings. The van der Waals surface area contributed by atoms with Crippen molar-refractivity contribution in [1.29, 1.82) is 0 Å². The molecule has 0 bridgehead atoms. The molecular formula is C24H24N2O3S2. The number of benzene rings is 2. The number of carbonyl (C=O) groups excluding carboxylic acids is 1. The van der Waals surface area contributed by atoms with Gasteiger partial charge < -0.3 is 10.7 Å². The molecule has 3 heterocycles. The van der Waals surface area contributed by atoms with Gasteiger partial charge in [-0.15, -0.1) is 0 Å². The highest BCUT2D eigenvalue weighted by atomic mass is 32.3. The molecule has 7 heteroatoms. The Bertz CT molecular complexity index is 1230. The average molecular weight is 453 g/mol. The van der Waals surface area contributed by atoms with Gasteiger partial charge in [-0.1, -0.05) is 30.3 Å². The van der Waals surface area contributed by atoms with Gasteiger partial charge in [-0.05, 0) is 70.0 Å². The van der Waals surface area contributed by atoms with Crippen LogP contribution in [0.3, 0.4) is 0 Å². The van der Waals surface area contributed by atoms with E-state index in [4.69, 9.17) is 5.73 Å². The summed E-state index contributed by atoms with van der Waals surface area (Å²) < 4.78 is 21.5. The topological polar surface area (TPSA) is 99.3 Å². The maximum atomic E-state index is 12.2. The maximum Gasteiger partial charge on any atom is 0.250 e. The van der Waals surface area contributed by atoms with Crippen molar-refractivity contribution in [2.45, 2.75) is 24.0 Å². The molecule has 2 atom stereocenters. The standard InChI is InChI=1S/C24H24N2O3S2/c25-24(27)20-11-18(17-6-8-30-14-17)10-19-21(13-26-23(19)20)16-7-9-31(28,29)22(12-16)15-4-2-1-3-5-15/h1-6,8,10-11,13-14,16,22,26,28-29H,7,9,12H2,(H2,25,27). The van der Waals surface area contributed by atoms with Gasteiger partial charge in [0.15, 0.2) is 0 Å². The zero-order chi connectivity index (χ0) is 21.6. The molecule has 4 aromatic rings. The SMILES string of the molecule is NC(=O)c1cc(-c2ccsc2)cc2c(C3CCS(O)(O)C(c4ccccc4)C3)c[nH]c12. The second kappa shape index (κ2) is 7.84. The average Bonchev–Trinajstić information content (AvgIpc) is 3.44. The number of rotatable bonds is 4. The molecule has 2 aromatic carbocycles. The van der Waals surface area contributed by atoms with Gasteiger partial charge >= 0.3 is 0 Å². The number of thiophene rings is 1. The van der Waals surface area contributed by atoms with Gasteiger partial charge in [-0.25, -0.2) is 0 Å². The Morgan fingerprint density at radius 3 is 2.65 bits per heavy atom. The first kappa shape index (κ1) is 20.3. The van der Waals surface area contributed by atoms with Gasteiger partial charge in [0.1, 0.15) is 0 Å². The Labute approximate surface area is 186 Å². The number of nitrogens with two attached hydrogens (primary N) is 1. The van der Waals surface area contributed by atoms with Crippen molar-refractivity contribution >= 4 is 38.7 Å². The summed E-state index contributed by atoms with van der Waals surface area (Å²) in [6.07, 6.45) is 3.29. The number of hydrogen-bond donors (Lipinski definition) is 4. The Balaban J connectivity index is 1.59. The zero-order valence-corrected chi connectivity index (χ0v) is 18.5. The monoisotopic (exact) mass is 452 g/mol. The van der Waals surface area contributed by atoms with Crippen molar-refractivity contribution in [3.8, 4) is 11.1 Å². The van der Waals surface area contributed by atoms with E-state index in [0.717, 1.165) is 33.2 Å². The quantitative estimate of drug-likeness (QED) is 0.290. The molecule has 2 aromatic heterocycles. The minimum atomic E-state index is -2.70. The van der Waals surface area contributed by atoms with Crippen LogP contribution >= 0.6 is 21.9 Å². The van der Waals surface area contributed by atoms with Crippen molar-refractivity contribution in [2.75, 3.05) is 5.75 Å². The molecule has 5 rings (SSSR count). The van der Waals surface area contributed by atoms with Gasteiger partial charge in [-0.2, -0.15) is 21.9 Å². The number of fused-ring (bicyclic) bond motifs is 1. The van der Waals surface area contributed by atoms with Crippen LogP contribution in [0.4, 0.5) is 0 Å². The normalized spacial score (nSPS) is 21.7. The molecule has 160 valence electrons. The molecule has 0 aliphatic carbocycles. The smallest absolute Gasteiger partial charge is 0.250 e. The summed E-state index contributed by atoms with van der Waals surface area (Å²) in [4.78, 5) is 15.5. The van der Waals surface area contributed by atoms with Crippen molar-refractivity contribution in [2.24, 2.45) is 5.73 Å². The first-order chi connectivity index (χ1) is 14.9. The lowest BCUT2D eigenvalue weighted by molar-refractivity contribution is 0.100. The van der Waals surface area contributed by atoms with E-state index >= 15 is 0 Å². The summed E-state index contributed by atoms with van der Waals surface area (Å²) in [6, 6.07) is 15.7. The molecule has 0 radical (unpaired) electrons. The Kier molecular flexibility index (Phi) is 5.14. The molecule has 5 nitrogen and oxygen atoms in total. The molecular weight excluding hydrogens is 428 g/mol. The van der Waals surface area contributed by atoms with Crippen LogP contribution in [0.25, 0.3) is 22.0 Å². The summed E-state index contributed by atoms with van der Waals surface area (Å²) in [7, 11) is -2.70. The summed E-state index contributed by atoms with van der Waals surface area (Å²) in [5.74, 6) is 0.0596. The number of amides is 1. The van der Waals surface area contributed by atoms with E-state index in [-0.39, 0.29) is 11.2 Å². The second-order valence-electron chi connectivity index (χ2n) is 8.11. The minimum absolute atomic E-state index is 0.150. The fraction of sp³-hybridized carbons (Fsp3) is 0.208. The number of hydrogen-bond acceptors (Lipinski definition) is 4. The van der Waals surface area contributed by atoms with E-state index < -0.39 is 16.5 Å². The molecule has 2 unspecified atom stereocenters. The van der Waals surface area contributed by atoms with Crippen molar-refractivity contribution in [3.63, 3.8) is 0 Å². The first-order valence-electron chi connectivity index (χ1n) is 10.2. The largest absolute Gasteiger partial charge is 0.366 e. The lowest BCUT2D eigenvalue weighted by Crippen LogP contribution is -2.23. The van der Waals surface area contributed by atoms with E-state index in [2.05, 4.69) is 16.4 Å². The number of carbonyl (C=O) groups is 1. The van der Waals surface area contributed by atoms with Crippen LogP contribution in [0.15, 0.2) is 65.5 Å². The van der Waals surface area contributed by atoms with Crippen LogP contribution in [-0.4, -0.2) is 25.7 Å². The van der Waals surface area contributed by atoms with E-state index in [1.54, 1.807) is 11.3 Å². The summed E-state index contributed by atoms with van der Waals surface area (Å²) in [5, 5.41) is 4.75. The molecule has 0 saturated carbocycles. The lowest BCUT2D eigenvalue weighted by atomic mass is 9.88. The van der Waals surface area contributed by atoms with Crippen LogP contribution in [0, 0.1) is 0 Å². The Morgan fingerprint density at radius 1 is 1.13 bits per heavy atom. The number of H-pyrrole nitrogens is 1. The van der Waals surface area contributed by atoms with Crippen LogP contribution in [-0.2, 0) is 0 Å². The van der Waals surface area contributed by atoms with Gasteiger partial charge in [0.25, 0.3) is 5.91 Å². The third-order valence-corrected chi connectivity index (χ3v) is 9.17. The maximum absolute atomic E-state index is 12.2. The highest BCUT2D eigenvalue weighted by Crippen LogP contribution is 2.62. The van der Waals surface area contributed by atoms with Gasteiger partial charge in [-0.3, -0.25) is 13.9 Å². The summed E-state index contributed by atoms with van der Waals surface area (Å²) in [5.41, 5.74) is 11.0. The van der Waals surface area contributed by atoms with Crippen LogP contribution in [0.5, 0.6) is 0 Å². The second-order valence-corrected chi connectivity index (χ2v) is 11.3. The lowest BCUT2D eigenvalue weighted by Gasteiger charge is -2.46. The highest BCUT2D eigenvalue weighted by Gasteiger charge is 2.36. The first-order valence-corrected chi connectivity index (χ1v) is 12.9. The van der Waals surface area contributed by atoms with Gasteiger partial charge in [0.2, 0.25) is 0 Å². The third-order valence-electron chi connectivity index (χ3n) is 6.27. The number of primary amides is 1. The highest BCUT2D eigenvalue weighted by molar-refractivity contribution is 8.24. The molecule has 5 N–H and O–H groups in total. The molecule has 1 amide bonds. The minimum Gasteiger partial charge on any atom is -0.366 e. The Morgan fingerprint density at radius 2 is 1.94 bits per heavy atom. The number of aromatic nitrogens is 1. The molecule has 1 saturated heterocycles. The predicted molar refractivity (Wildman–Crippen MR) is 129 cm³/mol. The summed E-state index contributed by atoms with van der Waals surface area (Å²) in [6.45, 7) is 0. The van der Waals surface area contributed by atoms with Crippen molar-refractivity contribution < 1.29 is 13.9 Å². The fourth-order valence-corrected chi connectivity index (χ4v) is 7.39. The van der Waals surface area contributed by atoms with Crippen LogP contribution < -0.4 is 5.73 Å². The van der Waals surface area contributed by atoms with Crippen LogP contribution in [0.1, 0.15) is 45.5 Å². The van der Waals surface area contributed by atoms with E-state index in [1.165, 1.54) is 0 Å². The zero-order valence-electron chi connectivity index (χ0n) is 16.8. The number of aromatic amines is 1. The molecule has 1 aliphatic rings. The molecule has 0 spiro atoms. The van der Waals surface area contributed by atoms with Crippen LogP contribution in [0.2, 0.25) is 0 Å². The molecule has 31 heavy (non-hydrogen) atoms. The summed E-state index contributed by atoms with van der Waals surface area (Å²) >= 11 is 1.61. The third kappa shape index (κ3) is 3.68. The van der Waals surface area contributed by atoms with E-state index in [1.807, 2.05) is 54.0 Å². The van der Waals surface area contributed by atoms with E-state index in [9.17, 15) is 13.9 Å².